The van der Waals surface area contributed by atoms with Crippen molar-refractivity contribution >= 4 is 10.0 Å². The Kier molecular flexibility index (Phi) is 7.94. The van der Waals surface area contributed by atoms with Crippen molar-refractivity contribution in [1.82, 2.24) is 14.9 Å². The van der Waals surface area contributed by atoms with Crippen molar-refractivity contribution in [1.29, 1.82) is 0 Å². The molecule has 0 rings (SSSR count). The van der Waals surface area contributed by atoms with Gasteiger partial charge in [-0.15, -0.1) is 0 Å². The van der Waals surface area contributed by atoms with Crippen LogP contribution >= 0.6 is 0 Å². The second-order valence-corrected chi connectivity index (χ2v) is 6.91. The van der Waals surface area contributed by atoms with E-state index in [-0.39, 0.29) is 11.8 Å². The topological polar surface area (TPSA) is 61.4 Å². The zero-order valence-corrected chi connectivity index (χ0v) is 12.5. The van der Waals surface area contributed by atoms with Gasteiger partial charge in [-0.1, -0.05) is 13.8 Å². The summed E-state index contributed by atoms with van der Waals surface area (Å²) in [5.74, 6) is 0.136. The molecule has 1 unspecified atom stereocenters. The minimum atomic E-state index is -3.16. The molecule has 0 fully saturated rings. The first-order chi connectivity index (χ1) is 7.73. The van der Waals surface area contributed by atoms with Crippen molar-refractivity contribution < 1.29 is 8.42 Å². The summed E-state index contributed by atoms with van der Waals surface area (Å²) in [6.45, 7) is 7.28. The lowest BCUT2D eigenvalue weighted by Crippen LogP contribution is -2.39. The molecule has 0 amide bonds. The largest absolute Gasteiger partial charge is 0.313 e. The smallest absolute Gasteiger partial charge is 0.213 e. The molecule has 104 valence electrons. The minimum Gasteiger partial charge on any atom is -0.313 e. The molecule has 0 aliphatic rings. The molecule has 0 heterocycles. The van der Waals surface area contributed by atoms with Crippen LogP contribution in [0.5, 0.6) is 0 Å². The number of hydrogen-bond acceptors (Lipinski definition) is 4. The first-order valence-corrected chi connectivity index (χ1v) is 7.76. The number of sulfonamides is 1. The molecule has 0 saturated carbocycles. The first-order valence-electron chi connectivity index (χ1n) is 6.11. The van der Waals surface area contributed by atoms with E-state index in [1.54, 1.807) is 0 Å². The fourth-order valence-electron chi connectivity index (χ4n) is 1.36. The van der Waals surface area contributed by atoms with Gasteiger partial charge in [-0.3, -0.25) is 0 Å². The zero-order chi connectivity index (χ0) is 13.5. The van der Waals surface area contributed by atoms with Crippen molar-refractivity contribution in [3.63, 3.8) is 0 Å². The van der Waals surface area contributed by atoms with E-state index in [0.717, 1.165) is 13.0 Å². The van der Waals surface area contributed by atoms with Crippen molar-refractivity contribution in [2.75, 3.05) is 32.9 Å². The third-order valence-corrected chi connectivity index (χ3v) is 3.82. The molecule has 0 aromatic rings. The van der Waals surface area contributed by atoms with Gasteiger partial charge in [0.1, 0.15) is 0 Å². The lowest BCUT2D eigenvalue weighted by atomic mass is 10.2. The summed E-state index contributed by atoms with van der Waals surface area (Å²) in [5.41, 5.74) is 0. The summed E-state index contributed by atoms with van der Waals surface area (Å²) in [4.78, 5) is 2.05. The molecule has 0 radical (unpaired) electrons. The fourth-order valence-corrected chi connectivity index (χ4v) is 2.59. The average Bonchev–Trinajstić information content (AvgIpc) is 2.12. The highest BCUT2D eigenvalue weighted by Crippen LogP contribution is 1.96. The Morgan fingerprint density at radius 1 is 1.18 bits per heavy atom. The zero-order valence-electron chi connectivity index (χ0n) is 11.7. The molecule has 5 nitrogen and oxygen atoms in total. The van der Waals surface area contributed by atoms with E-state index in [0.29, 0.717) is 12.6 Å². The third-order valence-electron chi connectivity index (χ3n) is 2.31. The Morgan fingerprint density at radius 2 is 1.76 bits per heavy atom. The summed E-state index contributed by atoms with van der Waals surface area (Å²) < 4.78 is 26.1. The van der Waals surface area contributed by atoms with E-state index in [4.69, 9.17) is 0 Å². The second kappa shape index (κ2) is 8.02. The Balaban J connectivity index is 3.91. The van der Waals surface area contributed by atoms with Crippen LogP contribution in [0.3, 0.4) is 0 Å². The number of nitrogens with one attached hydrogen (secondary N) is 2. The quantitative estimate of drug-likeness (QED) is 0.627. The molecule has 0 aromatic heterocycles. The molecule has 0 saturated heterocycles. The molecule has 0 aliphatic heterocycles. The van der Waals surface area contributed by atoms with Crippen molar-refractivity contribution in [2.45, 2.75) is 39.3 Å². The van der Waals surface area contributed by atoms with Gasteiger partial charge in [0, 0.05) is 18.6 Å². The van der Waals surface area contributed by atoms with E-state index < -0.39 is 10.0 Å². The van der Waals surface area contributed by atoms with Gasteiger partial charge in [0.2, 0.25) is 10.0 Å². The van der Waals surface area contributed by atoms with Gasteiger partial charge >= 0.3 is 0 Å². The summed E-state index contributed by atoms with van der Waals surface area (Å²) in [5, 5.41) is 3.10. The van der Waals surface area contributed by atoms with Crippen LogP contribution < -0.4 is 10.0 Å². The summed E-state index contributed by atoms with van der Waals surface area (Å²) >= 11 is 0. The van der Waals surface area contributed by atoms with E-state index >= 15 is 0 Å². The Morgan fingerprint density at radius 3 is 2.24 bits per heavy atom. The SMILES string of the molecule is CC(C)NCCS(=O)(=O)NC(C)CCN(C)C. The predicted molar refractivity (Wildman–Crippen MR) is 72.7 cm³/mol. The average molecular weight is 265 g/mol. The van der Waals surface area contributed by atoms with E-state index in [9.17, 15) is 8.42 Å². The van der Waals surface area contributed by atoms with Gasteiger partial charge in [0.05, 0.1) is 5.75 Å². The molecular weight excluding hydrogens is 238 g/mol. The minimum absolute atomic E-state index is 0.0125. The molecular formula is C11H27N3O2S. The molecule has 0 aromatic carbocycles. The molecule has 6 heteroatoms. The van der Waals surface area contributed by atoms with E-state index in [1.165, 1.54) is 0 Å². The van der Waals surface area contributed by atoms with Crippen molar-refractivity contribution in [3.8, 4) is 0 Å². The Hall–Kier alpha value is -0.170. The Labute approximate surface area is 106 Å². The molecule has 0 aliphatic carbocycles. The Bertz CT molecular complexity index is 289. The van der Waals surface area contributed by atoms with Gasteiger partial charge in [-0.25, -0.2) is 13.1 Å². The highest BCUT2D eigenvalue weighted by atomic mass is 32.2. The monoisotopic (exact) mass is 265 g/mol. The van der Waals surface area contributed by atoms with Gasteiger partial charge in [0.15, 0.2) is 0 Å². The van der Waals surface area contributed by atoms with Gasteiger partial charge in [-0.05, 0) is 34.0 Å². The van der Waals surface area contributed by atoms with Crippen LogP contribution in [0.2, 0.25) is 0 Å². The van der Waals surface area contributed by atoms with E-state index in [1.807, 2.05) is 39.8 Å². The van der Waals surface area contributed by atoms with Crippen LogP contribution in [0.1, 0.15) is 27.2 Å². The van der Waals surface area contributed by atoms with Gasteiger partial charge < -0.3 is 10.2 Å². The molecule has 2 N–H and O–H groups in total. The maximum absolute atomic E-state index is 11.7. The molecule has 0 bridgehead atoms. The lowest BCUT2D eigenvalue weighted by Gasteiger charge is -2.17. The standard InChI is InChI=1S/C11H27N3O2S/c1-10(2)12-7-9-17(15,16)13-11(3)6-8-14(4)5/h10-13H,6-9H2,1-5H3. The van der Waals surface area contributed by atoms with Crippen LogP contribution in [-0.2, 0) is 10.0 Å². The van der Waals surface area contributed by atoms with Crippen LogP contribution in [0.4, 0.5) is 0 Å². The first kappa shape index (κ1) is 16.8. The van der Waals surface area contributed by atoms with Gasteiger partial charge in [-0.2, -0.15) is 0 Å². The number of nitrogens with zero attached hydrogens (tertiary/aromatic N) is 1. The predicted octanol–water partition coefficient (Wildman–Crippen LogP) is 0.244. The summed E-state index contributed by atoms with van der Waals surface area (Å²) in [7, 11) is 0.804. The maximum atomic E-state index is 11.7. The molecule has 17 heavy (non-hydrogen) atoms. The summed E-state index contributed by atoms with van der Waals surface area (Å²) in [6.07, 6.45) is 0.823. The lowest BCUT2D eigenvalue weighted by molar-refractivity contribution is 0.379. The van der Waals surface area contributed by atoms with Crippen LogP contribution in [0, 0.1) is 0 Å². The molecule has 1 atom stereocenters. The van der Waals surface area contributed by atoms with Crippen molar-refractivity contribution in [3.05, 3.63) is 0 Å². The number of rotatable bonds is 9. The summed E-state index contributed by atoms with van der Waals surface area (Å²) in [6, 6.07) is 0.304. The number of hydrogen-bond donors (Lipinski definition) is 2. The maximum Gasteiger partial charge on any atom is 0.213 e. The van der Waals surface area contributed by atoms with E-state index in [2.05, 4.69) is 10.0 Å². The van der Waals surface area contributed by atoms with Gasteiger partial charge in [0.25, 0.3) is 0 Å². The van der Waals surface area contributed by atoms with Crippen molar-refractivity contribution in [2.24, 2.45) is 0 Å². The fraction of sp³-hybridized carbons (Fsp3) is 1.00. The van der Waals surface area contributed by atoms with Crippen LogP contribution in [0.15, 0.2) is 0 Å². The third kappa shape index (κ3) is 10.7. The normalized spacial score (nSPS) is 14.5. The van der Waals surface area contributed by atoms with Crippen LogP contribution in [-0.4, -0.2) is 58.3 Å². The highest BCUT2D eigenvalue weighted by Gasteiger charge is 2.14. The molecule has 0 spiro atoms. The highest BCUT2D eigenvalue weighted by molar-refractivity contribution is 7.89. The second-order valence-electron chi connectivity index (χ2n) is 5.04. The van der Waals surface area contributed by atoms with Crippen LogP contribution in [0.25, 0.3) is 0 Å².